The summed E-state index contributed by atoms with van der Waals surface area (Å²) in [6.45, 7) is 4.84. The van der Waals surface area contributed by atoms with Crippen LogP contribution in [0.5, 0.6) is 0 Å². The largest absolute Gasteiger partial charge is 0.469 e. The number of rotatable bonds is 5. The number of amides is 3. The van der Waals surface area contributed by atoms with Gasteiger partial charge in [-0.05, 0) is 20.8 Å². The fourth-order valence-corrected chi connectivity index (χ4v) is 1.70. The molecule has 1 rings (SSSR count). The molecule has 10 heteroatoms. The van der Waals surface area contributed by atoms with Crippen molar-refractivity contribution in [1.29, 1.82) is 0 Å². The summed E-state index contributed by atoms with van der Waals surface area (Å²) in [6, 6.07) is -1.48. The first-order chi connectivity index (χ1) is 11.0. The fourth-order valence-electron chi connectivity index (χ4n) is 1.70. The van der Waals surface area contributed by atoms with Gasteiger partial charge in [-0.25, -0.2) is 9.59 Å². The van der Waals surface area contributed by atoms with E-state index in [1.807, 2.05) is 0 Å². The maximum atomic E-state index is 12.1. The van der Waals surface area contributed by atoms with Crippen molar-refractivity contribution in [3.63, 3.8) is 0 Å². The fraction of sp³-hybridized carbons (Fsp3) is 0.643. The molecule has 1 atom stereocenters. The Balaban J connectivity index is 2.78. The van der Waals surface area contributed by atoms with Gasteiger partial charge in [-0.2, -0.15) is 0 Å². The van der Waals surface area contributed by atoms with E-state index in [9.17, 15) is 24.0 Å². The zero-order valence-electron chi connectivity index (χ0n) is 13.9. The van der Waals surface area contributed by atoms with Crippen molar-refractivity contribution in [1.82, 2.24) is 10.4 Å². The molecule has 24 heavy (non-hydrogen) atoms. The second-order valence-corrected chi connectivity index (χ2v) is 5.97. The minimum Gasteiger partial charge on any atom is -0.469 e. The van der Waals surface area contributed by atoms with Gasteiger partial charge in [-0.3, -0.25) is 14.4 Å². The lowest BCUT2D eigenvalue weighted by molar-refractivity contribution is -0.199. The molecule has 1 fully saturated rings. The van der Waals surface area contributed by atoms with Crippen LogP contribution in [0.1, 0.15) is 40.0 Å². The molecule has 1 aliphatic rings. The van der Waals surface area contributed by atoms with Crippen LogP contribution in [0.3, 0.4) is 0 Å². The van der Waals surface area contributed by atoms with Crippen molar-refractivity contribution >= 4 is 29.8 Å². The molecule has 0 spiro atoms. The molecule has 10 nitrogen and oxygen atoms in total. The highest BCUT2D eigenvalue weighted by Gasteiger charge is 2.36. The highest BCUT2D eigenvalue weighted by molar-refractivity contribution is 6.02. The molecule has 1 N–H and O–H groups in total. The minimum absolute atomic E-state index is 0.0761. The predicted molar refractivity (Wildman–Crippen MR) is 77.0 cm³/mol. The van der Waals surface area contributed by atoms with E-state index in [4.69, 9.17) is 9.57 Å². The average Bonchev–Trinajstić information content (AvgIpc) is 2.76. The zero-order chi connectivity index (χ0) is 18.5. The monoisotopic (exact) mass is 344 g/mol. The van der Waals surface area contributed by atoms with Crippen molar-refractivity contribution in [3.8, 4) is 0 Å². The Morgan fingerprint density at radius 2 is 1.71 bits per heavy atom. The summed E-state index contributed by atoms with van der Waals surface area (Å²) in [5, 5.41) is 2.48. The van der Waals surface area contributed by atoms with Crippen LogP contribution in [-0.4, -0.2) is 53.7 Å². The number of alkyl carbamates (subject to hydrolysis) is 1. The van der Waals surface area contributed by atoms with Gasteiger partial charge < -0.3 is 19.6 Å². The number of nitrogens with zero attached hydrogens (tertiary/aromatic N) is 1. The summed E-state index contributed by atoms with van der Waals surface area (Å²) in [6.07, 6.45) is -1.67. The van der Waals surface area contributed by atoms with Crippen molar-refractivity contribution in [3.05, 3.63) is 0 Å². The number of methoxy groups -OCH3 is 1. The molecular weight excluding hydrogens is 324 g/mol. The first kappa shape index (κ1) is 19.4. The Hall–Kier alpha value is -2.65. The van der Waals surface area contributed by atoms with Crippen LogP contribution in [0, 0.1) is 0 Å². The Labute approximate surface area is 138 Å². The Morgan fingerprint density at radius 3 is 2.17 bits per heavy atom. The van der Waals surface area contributed by atoms with Gasteiger partial charge in [0, 0.05) is 12.8 Å². The molecule has 0 bridgehead atoms. The predicted octanol–water partition coefficient (Wildman–Crippen LogP) is 0.0500. The van der Waals surface area contributed by atoms with Gasteiger partial charge >= 0.3 is 18.0 Å². The summed E-state index contributed by atoms with van der Waals surface area (Å²) in [5.41, 5.74) is -0.829. The van der Waals surface area contributed by atoms with Crippen LogP contribution < -0.4 is 5.32 Å². The van der Waals surface area contributed by atoms with E-state index in [0.717, 1.165) is 7.11 Å². The molecular formula is C14H20N2O8. The molecule has 0 radical (unpaired) electrons. The first-order valence-corrected chi connectivity index (χ1v) is 7.17. The summed E-state index contributed by atoms with van der Waals surface area (Å²) in [4.78, 5) is 62.9. The SMILES string of the molecule is COC(=O)C[C@@H](NC(=O)OC(C)(C)C)C(=O)ON1C(=O)CCC1=O. The molecule has 0 unspecified atom stereocenters. The Kier molecular flexibility index (Phi) is 6.27. The van der Waals surface area contributed by atoms with Gasteiger partial charge in [0.1, 0.15) is 11.6 Å². The number of hydrogen-bond acceptors (Lipinski definition) is 8. The third-order valence-electron chi connectivity index (χ3n) is 2.76. The zero-order valence-corrected chi connectivity index (χ0v) is 13.9. The van der Waals surface area contributed by atoms with E-state index < -0.39 is 47.9 Å². The van der Waals surface area contributed by atoms with E-state index in [2.05, 4.69) is 10.1 Å². The van der Waals surface area contributed by atoms with Crippen LogP contribution in [0.4, 0.5) is 4.79 Å². The highest BCUT2D eigenvalue weighted by Crippen LogP contribution is 2.14. The third-order valence-corrected chi connectivity index (χ3v) is 2.76. The van der Waals surface area contributed by atoms with Crippen LogP contribution in [0.15, 0.2) is 0 Å². The molecule has 134 valence electrons. The summed E-state index contributed by atoms with van der Waals surface area (Å²) in [5.74, 6) is -3.31. The lowest BCUT2D eigenvalue weighted by Crippen LogP contribution is -2.47. The topological polar surface area (TPSA) is 128 Å². The van der Waals surface area contributed by atoms with Crippen molar-refractivity contribution in [2.75, 3.05) is 7.11 Å². The van der Waals surface area contributed by atoms with Crippen molar-refractivity contribution < 1.29 is 38.3 Å². The average molecular weight is 344 g/mol. The van der Waals surface area contributed by atoms with Gasteiger partial charge in [0.25, 0.3) is 11.8 Å². The molecule has 1 saturated heterocycles. The number of esters is 1. The lowest BCUT2D eigenvalue weighted by Gasteiger charge is -2.23. The van der Waals surface area contributed by atoms with Gasteiger partial charge in [0.05, 0.1) is 13.5 Å². The summed E-state index contributed by atoms with van der Waals surface area (Å²) in [7, 11) is 1.10. The summed E-state index contributed by atoms with van der Waals surface area (Å²) < 4.78 is 9.43. The van der Waals surface area contributed by atoms with Crippen molar-refractivity contribution in [2.45, 2.75) is 51.7 Å². The maximum absolute atomic E-state index is 12.1. The molecule has 1 heterocycles. The number of nitrogens with one attached hydrogen (secondary N) is 1. The third kappa shape index (κ3) is 5.86. The van der Waals surface area contributed by atoms with Crippen LogP contribution in [0.25, 0.3) is 0 Å². The van der Waals surface area contributed by atoms with E-state index in [1.54, 1.807) is 20.8 Å². The number of imide groups is 1. The normalized spacial score (nSPS) is 15.8. The number of hydroxylamine groups is 2. The summed E-state index contributed by atoms with van der Waals surface area (Å²) >= 11 is 0. The molecule has 0 aliphatic carbocycles. The number of hydrogen-bond donors (Lipinski definition) is 1. The first-order valence-electron chi connectivity index (χ1n) is 7.17. The molecule has 3 amide bonds. The number of ether oxygens (including phenoxy) is 2. The second-order valence-electron chi connectivity index (χ2n) is 5.97. The van der Waals surface area contributed by atoms with Gasteiger partial charge in [0.15, 0.2) is 0 Å². The minimum atomic E-state index is -1.48. The number of carbonyl (C=O) groups excluding carboxylic acids is 5. The van der Waals surface area contributed by atoms with Crippen LogP contribution >= 0.6 is 0 Å². The van der Waals surface area contributed by atoms with E-state index >= 15 is 0 Å². The van der Waals surface area contributed by atoms with E-state index in [1.165, 1.54) is 0 Å². The van der Waals surface area contributed by atoms with Crippen LogP contribution in [0.2, 0.25) is 0 Å². The van der Waals surface area contributed by atoms with Gasteiger partial charge in [-0.15, -0.1) is 5.06 Å². The Morgan fingerprint density at radius 1 is 1.17 bits per heavy atom. The Bertz CT molecular complexity index is 535. The molecule has 0 aromatic carbocycles. The van der Waals surface area contributed by atoms with E-state index in [-0.39, 0.29) is 12.8 Å². The standard InChI is InChI=1S/C14H20N2O8/c1-14(2,3)23-13(21)15-8(7-11(19)22-4)12(20)24-16-9(17)5-6-10(16)18/h8H,5-7H2,1-4H3,(H,15,21)/t8-/m1/s1. The van der Waals surface area contributed by atoms with E-state index in [0.29, 0.717) is 5.06 Å². The highest BCUT2D eigenvalue weighted by atomic mass is 16.7. The molecule has 0 aromatic heterocycles. The van der Waals surface area contributed by atoms with Crippen molar-refractivity contribution in [2.24, 2.45) is 0 Å². The molecule has 1 aliphatic heterocycles. The lowest BCUT2D eigenvalue weighted by atomic mass is 10.2. The smallest absolute Gasteiger partial charge is 0.408 e. The van der Waals surface area contributed by atoms with Gasteiger partial charge in [0.2, 0.25) is 0 Å². The molecule has 0 saturated carbocycles. The number of carbonyl (C=O) groups is 5. The quantitative estimate of drug-likeness (QED) is 0.547. The molecule has 0 aromatic rings. The van der Waals surface area contributed by atoms with Gasteiger partial charge in [-0.1, -0.05) is 0 Å². The maximum Gasteiger partial charge on any atom is 0.408 e. The second kappa shape index (κ2) is 7.75. The van der Waals surface area contributed by atoms with Crippen LogP contribution in [-0.2, 0) is 33.5 Å².